The lowest BCUT2D eigenvalue weighted by Gasteiger charge is -2.12. The van der Waals surface area contributed by atoms with Crippen LogP contribution in [0, 0.1) is 0 Å². The molecule has 0 saturated carbocycles. The third-order valence-corrected chi connectivity index (χ3v) is 8.86. The highest BCUT2D eigenvalue weighted by Crippen LogP contribution is 2.44. The summed E-state index contributed by atoms with van der Waals surface area (Å²) in [5.41, 5.74) is 6.65. The summed E-state index contributed by atoms with van der Waals surface area (Å²) in [6, 6.07) is 8.52. The molecule has 3 nitrogen and oxygen atoms in total. The van der Waals surface area contributed by atoms with Gasteiger partial charge in [-0.3, -0.25) is 0 Å². The van der Waals surface area contributed by atoms with Crippen molar-refractivity contribution in [3.63, 3.8) is 0 Å². The van der Waals surface area contributed by atoms with Crippen molar-refractivity contribution < 1.29 is 0 Å². The maximum atomic E-state index is 5.14. The average molecular weight is 517 g/mol. The quantitative estimate of drug-likeness (QED) is 0.155. The molecule has 1 aliphatic carbocycles. The van der Waals surface area contributed by atoms with Gasteiger partial charge in [0.25, 0.3) is 0 Å². The van der Waals surface area contributed by atoms with Crippen molar-refractivity contribution in [1.29, 1.82) is 0 Å². The minimum Gasteiger partial charge on any atom is -0.241 e. The number of aromatic nitrogens is 3. The second-order valence-corrected chi connectivity index (χ2v) is 11.5. The van der Waals surface area contributed by atoms with Gasteiger partial charge in [-0.1, -0.05) is 53.7 Å². The molecule has 0 amide bonds. The number of hydrogen-bond donors (Lipinski definition) is 0. The van der Waals surface area contributed by atoms with E-state index in [9.17, 15) is 0 Å². The number of aryl methyl sites for hydroxylation is 1. The predicted octanol–water partition coefficient (Wildman–Crippen LogP) is 7.63. The zero-order valence-electron chi connectivity index (χ0n) is 17.2. The van der Waals surface area contributed by atoms with Crippen LogP contribution in [0.25, 0.3) is 20.4 Å². The van der Waals surface area contributed by atoms with Gasteiger partial charge in [0.05, 0.1) is 10.2 Å². The number of nitrogens with zero attached hydrogens (tertiary/aromatic N) is 3. The van der Waals surface area contributed by atoms with Gasteiger partial charge >= 0.3 is 0 Å². The molecule has 1 aliphatic rings. The van der Waals surface area contributed by atoms with Crippen LogP contribution in [0.3, 0.4) is 0 Å². The molecule has 0 unspecified atom stereocenters. The standard InChI is InChI=1S/C23H22BrN3S3/c1-12(2)18-16-6-4-5-15(16)17-19-20(30-21(17)25-18)22(27-23(26-19)28-3)29-11-13-7-9-14(24)10-8-13/h7-10,12H,4-6,11H2,1-3H3. The zero-order valence-corrected chi connectivity index (χ0v) is 21.2. The minimum absolute atomic E-state index is 0.450. The Labute approximate surface area is 197 Å². The van der Waals surface area contributed by atoms with Crippen LogP contribution in [-0.4, -0.2) is 21.2 Å². The molecule has 0 aliphatic heterocycles. The molecule has 0 saturated heterocycles. The van der Waals surface area contributed by atoms with Gasteiger partial charge in [-0.15, -0.1) is 23.1 Å². The molecule has 4 aromatic rings. The van der Waals surface area contributed by atoms with E-state index in [4.69, 9.17) is 15.0 Å². The number of thioether (sulfide) groups is 2. The van der Waals surface area contributed by atoms with Crippen LogP contribution >= 0.6 is 50.8 Å². The normalized spacial score (nSPS) is 13.6. The number of benzene rings is 1. The monoisotopic (exact) mass is 515 g/mol. The molecule has 0 bridgehead atoms. The van der Waals surface area contributed by atoms with Gasteiger partial charge in [-0.25, -0.2) is 15.0 Å². The molecule has 1 aromatic carbocycles. The van der Waals surface area contributed by atoms with Crippen LogP contribution in [0.4, 0.5) is 0 Å². The summed E-state index contributed by atoms with van der Waals surface area (Å²) in [5, 5.41) is 3.21. The Kier molecular flexibility index (Phi) is 5.82. The first kappa shape index (κ1) is 20.7. The Hall–Kier alpha value is -1.15. The number of pyridine rings is 1. The van der Waals surface area contributed by atoms with E-state index in [1.54, 1.807) is 34.9 Å². The molecular formula is C23H22BrN3S3. The van der Waals surface area contributed by atoms with Crippen LogP contribution in [0.2, 0.25) is 0 Å². The lowest BCUT2D eigenvalue weighted by Crippen LogP contribution is -2.00. The number of hydrogen-bond acceptors (Lipinski definition) is 6. The van der Waals surface area contributed by atoms with Gasteiger partial charge in [0.2, 0.25) is 0 Å². The van der Waals surface area contributed by atoms with Gasteiger partial charge in [-0.05, 0) is 60.3 Å². The molecule has 3 heterocycles. The summed E-state index contributed by atoms with van der Waals surface area (Å²) >= 11 is 8.70. The maximum Gasteiger partial charge on any atom is 0.189 e. The van der Waals surface area contributed by atoms with E-state index in [-0.39, 0.29) is 0 Å². The largest absolute Gasteiger partial charge is 0.241 e. The topological polar surface area (TPSA) is 38.7 Å². The molecule has 3 aromatic heterocycles. The summed E-state index contributed by atoms with van der Waals surface area (Å²) in [4.78, 5) is 16.1. The van der Waals surface area contributed by atoms with Gasteiger partial charge in [0.15, 0.2) is 5.16 Å². The van der Waals surface area contributed by atoms with E-state index in [0.29, 0.717) is 5.92 Å². The van der Waals surface area contributed by atoms with Crippen molar-refractivity contribution in [2.45, 2.75) is 55.0 Å². The number of rotatable bonds is 5. The maximum absolute atomic E-state index is 5.14. The summed E-state index contributed by atoms with van der Waals surface area (Å²) in [5.74, 6) is 1.34. The van der Waals surface area contributed by atoms with Crippen molar-refractivity contribution >= 4 is 71.2 Å². The van der Waals surface area contributed by atoms with Gasteiger partial charge in [0.1, 0.15) is 9.86 Å². The van der Waals surface area contributed by atoms with Crippen LogP contribution in [0.1, 0.15) is 48.6 Å². The lowest BCUT2D eigenvalue weighted by atomic mass is 9.99. The summed E-state index contributed by atoms with van der Waals surface area (Å²) in [6.45, 7) is 4.51. The first-order valence-electron chi connectivity index (χ1n) is 10.1. The Morgan fingerprint density at radius 3 is 2.57 bits per heavy atom. The first-order chi connectivity index (χ1) is 14.5. The first-order valence-corrected chi connectivity index (χ1v) is 13.9. The highest BCUT2D eigenvalue weighted by Gasteiger charge is 2.25. The highest BCUT2D eigenvalue weighted by atomic mass is 79.9. The second kappa shape index (κ2) is 8.41. The fraction of sp³-hybridized carbons (Fsp3) is 0.348. The van der Waals surface area contributed by atoms with E-state index in [0.717, 1.165) is 43.6 Å². The van der Waals surface area contributed by atoms with E-state index in [1.165, 1.54) is 38.9 Å². The zero-order chi connectivity index (χ0) is 20.8. The molecule has 0 radical (unpaired) electrons. The lowest BCUT2D eigenvalue weighted by molar-refractivity contribution is 0.805. The molecule has 0 spiro atoms. The summed E-state index contributed by atoms with van der Waals surface area (Å²) in [7, 11) is 0. The van der Waals surface area contributed by atoms with Crippen LogP contribution < -0.4 is 0 Å². The molecule has 0 fully saturated rings. The Balaban J connectivity index is 1.66. The molecule has 154 valence electrons. The van der Waals surface area contributed by atoms with Gasteiger partial charge < -0.3 is 0 Å². The predicted molar refractivity (Wildman–Crippen MR) is 134 cm³/mol. The Morgan fingerprint density at radius 1 is 1.07 bits per heavy atom. The third kappa shape index (κ3) is 3.68. The molecule has 0 N–H and O–H groups in total. The minimum atomic E-state index is 0.450. The number of fused-ring (bicyclic) bond motifs is 5. The van der Waals surface area contributed by atoms with Crippen molar-refractivity contribution in [3.8, 4) is 0 Å². The van der Waals surface area contributed by atoms with Crippen LogP contribution in [-0.2, 0) is 18.6 Å². The van der Waals surface area contributed by atoms with Crippen molar-refractivity contribution in [3.05, 3.63) is 51.1 Å². The number of halogens is 1. The van der Waals surface area contributed by atoms with E-state index < -0.39 is 0 Å². The molecule has 30 heavy (non-hydrogen) atoms. The van der Waals surface area contributed by atoms with E-state index in [2.05, 4.69) is 60.3 Å². The number of thiophene rings is 1. The van der Waals surface area contributed by atoms with E-state index >= 15 is 0 Å². The van der Waals surface area contributed by atoms with Gasteiger partial charge in [-0.2, -0.15) is 0 Å². The van der Waals surface area contributed by atoms with E-state index in [1.807, 2.05) is 0 Å². The molecule has 5 rings (SSSR count). The highest BCUT2D eigenvalue weighted by molar-refractivity contribution is 9.10. The fourth-order valence-corrected chi connectivity index (χ4v) is 7.05. The summed E-state index contributed by atoms with van der Waals surface area (Å²) < 4.78 is 2.29. The van der Waals surface area contributed by atoms with Gasteiger partial charge in [0, 0.05) is 21.3 Å². The van der Waals surface area contributed by atoms with Crippen molar-refractivity contribution in [1.82, 2.24) is 15.0 Å². The van der Waals surface area contributed by atoms with Crippen molar-refractivity contribution in [2.75, 3.05) is 6.26 Å². The second-order valence-electron chi connectivity index (χ2n) is 7.85. The molecule has 0 atom stereocenters. The van der Waals surface area contributed by atoms with Crippen LogP contribution in [0.15, 0.2) is 38.9 Å². The smallest absolute Gasteiger partial charge is 0.189 e. The van der Waals surface area contributed by atoms with Crippen molar-refractivity contribution in [2.24, 2.45) is 0 Å². The third-order valence-electron chi connectivity index (χ3n) is 5.53. The average Bonchev–Trinajstić information content (AvgIpc) is 3.36. The van der Waals surface area contributed by atoms with Crippen LogP contribution in [0.5, 0.6) is 0 Å². The Morgan fingerprint density at radius 2 is 1.83 bits per heavy atom. The molecule has 7 heteroatoms. The SMILES string of the molecule is CSc1nc(SCc2ccc(Br)cc2)c2sc3nc(C(C)C)c4c(c3c2n1)CCC4. The fourth-order valence-electron chi connectivity index (χ4n) is 4.15. The Bertz CT molecular complexity index is 1250. The summed E-state index contributed by atoms with van der Waals surface area (Å²) in [6.07, 6.45) is 5.56. The molecular weight excluding hydrogens is 494 g/mol.